The molecule has 0 radical (unpaired) electrons. The van der Waals surface area contributed by atoms with E-state index in [1.165, 1.54) is 70.1 Å². The van der Waals surface area contributed by atoms with Crippen molar-refractivity contribution in [2.75, 3.05) is 0 Å². The first kappa shape index (κ1) is 21.6. The SMILES string of the molecule is [2H]c1c(C)[n+](C)c(-c2cc(-c3ccccc3)cc(C)c2C)c2ccc(C3CCC(C)(C)CC3)cc12. The molecule has 4 aromatic rings. The van der Waals surface area contributed by atoms with Crippen LogP contribution in [0.4, 0.5) is 0 Å². The predicted molar refractivity (Wildman–Crippen MR) is 145 cm³/mol. The number of pyridine rings is 1. The third-order valence-corrected chi connectivity index (χ3v) is 8.29. The Morgan fingerprint density at radius 1 is 0.882 bits per heavy atom. The Hall–Kier alpha value is -2.93. The number of benzene rings is 3. The van der Waals surface area contributed by atoms with Crippen molar-refractivity contribution in [2.24, 2.45) is 12.5 Å². The summed E-state index contributed by atoms with van der Waals surface area (Å²) in [5.74, 6) is 0.606. The minimum Gasteiger partial charge on any atom is -0.198 e. The normalized spacial score (nSPS) is 16.6. The van der Waals surface area contributed by atoms with Gasteiger partial charge in [0.2, 0.25) is 5.69 Å². The van der Waals surface area contributed by atoms with Crippen LogP contribution in [0, 0.1) is 26.2 Å². The number of hydrogen-bond donors (Lipinski definition) is 0. The van der Waals surface area contributed by atoms with Gasteiger partial charge in [-0.3, -0.25) is 0 Å². The van der Waals surface area contributed by atoms with Crippen LogP contribution in [-0.4, -0.2) is 0 Å². The molecule has 0 bridgehead atoms. The maximum atomic E-state index is 9.01. The predicted octanol–water partition coefficient (Wildman–Crippen LogP) is 8.61. The highest BCUT2D eigenvalue weighted by Crippen LogP contribution is 2.43. The molecule has 0 atom stereocenters. The molecule has 0 saturated heterocycles. The fourth-order valence-electron chi connectivity index (χ4n) is 5.71. The molecule has 0 spiro atoms. The first-order valence-corrected chi connectivity index (χ1v) is 12.8. The minimum atomic E-state index is 0.463. The standard InChI is InChI=1S/C33H38N/c1-22-18-28(25-10-8-7-9-11-25)21-31(24(22)3)32-30-13-12-27(20-29(30)19-23(2)34(32)6)26-14-16-33(4,5)17-15-26/h7-13,18-21,26H,14-17H2,1-6H3/q+1/i19D. The molecule has 3 aromatic carbocycles. The van der Waals surface area contributed by atoms with Gasteiger partial charge in [-0.15, -0.1) is 0 Å². The molecule has 1 heteroatoms. The molecule has 1 aliphatic rings. The summed E-state index contributed by atoms with van der Waals surface area (Å²) in [6, 6.07) is 22.9. The monoisotopic (exact) mass is 449 g/mol. The molecule has 1 saturated carbocycles. The summed E-state index contributed by atoms with van der Waals surface area (Å²) in [6.07, 6.45) is 5.05. The number of hydrogen-bond acceptors (Lipinski definition) is 0. The summed E-state index contributed by atoms with van der Waals surface area (Å²) < 4.78 is 11.2. The smallest absolute Gasteiger partial charge is 0.198 e. The Morgan fingerprint density at radius 2 is 1.59 bits per heavy atom. The van der Waals surface area contributed by atoms with Gasteiger partial charge in [0.1, 0.15) is 7.05 Å². The Labute approximate surface area is 206 Å². The van der Waals surface area contributed by atoms with E-state index in [0.29, 0.717) is 17.4 Å². The van der Waals surface area contributed by atoms with E-state index >= 15 is 0 Å². The summed E-state index contributed by atoms with van der Waals surface area (Å²) in [4.78, 5) is 0. The van der Waals surface area contributed by atoms with Crippen molar-refractivity contribution in [3.8, 4) is 22.4 Å². The average molecular weight is 450 g/mol. The topological polar surface area (TPSA) is 3.88 Å². The van der Waals surface area contributed by atoms with Gasteiger partial charge in [-0.1, -0.05) is 62.4 Å². The first-order chi connectivity index (χ1) is 16.7. The lowest BCUT2D eigenvalue weighted by Gasteiger charge is -2.34. The van der Waals surface area contributed by atoms with Crippen molar-refractivity contribution >= 4 is 10.8 Å². The lowest BCUT2D eigenvalue weighted by atomic mass is 9.71. The van der Waals surface area contributed by atoms with Crippen molar-refractivity contribution in [2.45, 2.75) is 66.2 Å². The van der Waals surface area contributed by atoms with Gasteiger partial charge < -0.3 is 0 Å². The lowest BCUT2D eigenvalue weighted by molar-refractivity contribution is -0.665. The largest absolute Gasteiger partial charge is 0.220 e. The van der Waals surface area contributed by atoms with Gasteiger partial charge in [-0.2, -0.15) is 4.57 Å². The molecule has 1 fully saturated rings. The van der Waals surface area contributed by atoms with E-state index < -0.39 is 0 Å². The Morgan fingerprint density at radius 3 is 2.29 bits per heavy atom. The molecule has 1 nitrogen and oxygen atoms in total. The number of fused-ring (bicyclic) bond motifs is 1. The average Bonchev–Trinajstić information content (AvgIpc) is 2.85. The van der Waals surface area contributed by atoms with Crippen LogP contribution in [0.2, 0.25) is 0 Å². The molecule has 0 aliphatic heterocycles. The second kappa shape index (κ2) is 8.69. The number of aromatic nitrogens is 1. The fraction of sp³-hybridized carbons (Fsp3) is 0.364. The van der Waals surface area contributed by atoms with Gasteiger partial charge in [0, 0.05) is 13.0 Å². The third kappa shape index (κ3) is 4.17. The summed E-state index contributed by atoms with van der Waals surface area (Å²) in [6.45, 7) is 11.3. The summed E-state index contributed by atoms with van der Waals surface area (Å²) in [5.41, 5.74) is 10.4. The van der Waals surface area contributed by atoms with Crippen LogP contribution in [0.15, 0.2) is 66.7 Å². The second-order valence-electron chi connectivity index (χ2n) is 11.2. The van der Waals surface area contributed by atoms with Gasteiger partial charge in [-0.05, 0) is 96.2 Å². The number of nitrogens with zero attached hydrogens (tertiary/aromatic N) is 1. The summed E-state index contributed by atoms with van der Waals surface area (Å²) in [7, 11) is 2.11. The van der Waals surface area contributed by atoms with Crippen molar-refractivity contribution in [1.29, 1.82) is 0 Å². The van der Waals surface area contributed by atoms with E-state index in [-0.39, 0.29) is 0 Å². The van der Waals surface area contributed by atoms with Gasteiger partial charge in [0.25, 0.3) is 0 Å². The van der Waals surface area contributed by atoms with Crippen LogP contribution >= 0.6 is 0 Å². The zero-order chi connectivity index (χ0) is 24.9. The Balaban J connectivity index is 1.70. The number of rotatable bonds is 3. The summed E-state index contributed by atoms with van der Waals surface area (Å²) in [5, 5.41) is 2.26. The van der Waals surface area contributed by atoms with E-state index in [1.54, 1.807) is 0 Å². The van der Waals surface area contributed by atoms with Crippen LogP contribution in [0.5, 0.6) is 0 Å². The van der Waals surface area contributed by atoms with Gasteiger partial charge in [0.15, 0.2) is 5.69 Å². The number of aryl methyl sites for hydroxylation is 1. The molecule has 0 amide bonds. The minimum absolute atomic E-state index is 0.463. The maximum absolute atomic E-state index is 9.01. The third-order valence-electron chi connectivity index (χ3n) is 8.29. The van der Waals surface area contributed by atoms with Gasteiger partial charge >= 0.3 is 0 Å². The summed E-state index contributed by atoms with van der Waals surface area (Å²) >= 11 is 0. The zero-order valence-corrected chi connectivity index (χ0v) is 21.6. The Kier molecular flexibility index (Phi) is 5.52. The molecule has 1 heterocycles. The van der Waals surface area contributed by atoms with E-state index in [4.69, 9.17) is 1.37 Å². The molecule has 1 aliphatic carbocycles. The second-order valence-corrected chi connectivity index (χ2v) is 11.2. The lowest BCUT2D eigenvalue weighted by Crippen LogP contribution is -2.35. The van der Waals surface area contributed by atoms with Crippen molar-refractivity contribution in [1.82, 2.24) is 0 Å². The molecule has 34 heavy (non-hydrogen) atoms. The molecule has 1 aromatic heterocycles. The molecule has 0 unspecified atom stereocenters. The van der Waals surface area contributed by atoms with Crippen molar-refractivity contribution < 1.29 is 5.94 Å². The maximum Gasteiger partial charge on any atom is 0.220 e. The quantitative estimate of drug-likeness (QED) is 0.276. The Bertz CT molecular complexity index is 1400. The molecular weight excluding hydrogens is 410 g/mol. The highest BCUT2D eigenvalue weighted by Gasteiger charge is 2.28. The van der Waals surface area contributed by atoms with Gasteiger partial charge in [-0.25, -0.2) is 0 Å². The van der Waals surface area contributed by atoms with Crippen LogP contribution in [0.25, 0.3) is 33.2 Å². The van der Waals surface area contributed by atoms with Crippen LogP contribution in [0.3, 0.4) is 0 Å². The fourth-order valence-corrected chi connectivity index (χ4v) is 5.71. The molecule has 0 N–H and O–H groups in total. The van der Waals surface area contributed by atoms with E-state index in [0.717, 1.165) is 11.1 Å². The zero-order valence-electron chi connectivity index (χ0n) is 22.6. The molecular formula is C33H38N+. The van der Waals surface area contributed by atoms with Crippen LogP contribution in [0.1, 0.15) is 69.2 Å². The van der Waals surface area contributed by atoms with E-state index in [9.17, 15) is 0 Å². The van der Waals surface area contributed by atoms with E-state index in [1.807, 2.05) is 0 Å². The van der Waals surface area contributed by atoms with Crippen molar-refractivity contribution in [3.63, 3.8) is 0 Å². The molecule has 174 valence electrons. The molecule has 5 rings (SSSR count). The van der Waals surface area contributed by atoms with E-state index in [2.05, 4.69) is 107 Å². The highest BCUT2D eigenvalue weighted by atomic mass is 14.9. The van der Waals surface area contributed by atoms with Crippen LogP contribution in [-0.2, 0) is 7.05 Å². The first-order valence-electron chi connectivity index (χ1n) is 13.3. The highest BCUT2D eigenvalue weighted by molar-refractivity contribution is 5.95. The van der Waals surface area contributed by atoms with Crippen molar-refractivity contribution in [3.05, 3.63) is 89.1 Å². The van der Waals surface area contributed by atoms with Gasteiger partial charge in [0.05, 0.1) is 12.3 Å². The van der Waals surface area contributed by atoms with Crippen LogP contribution < -0.4 is 4.57 Å².